The van der Waals surface area contributed by atoms with Gasteiger partial charge in [-0.15, -0.1) is 0 Å². The molecule has 0 atom stereocenters. The molecule has 0 unspecified atom stereocenters. The Balaban J connectivity index is 2.64. The van der Waals surface area contributed by atoms with Crippen molar-refractivity contribution in [1.29, 1.82) is 5.26 Å². The third-order valence-corrected chi connectivity index (χ3v) is 3.25. The molecule has 0 aromatic heterocycles. The smallest absolute Gasteiger partial charge is 0.224 e. The quantitative estimate of drug-likeness (QED) is 0.839. The number of amides is 1. The molecule has 5 heteroatoms. The van der Waals surface area contributed by atoms with Crippen LogP contribution in [0.25, 0.3) is 0 Å². The Kier molecular flexibility index (Phi) is 5.66. The fourth-order valence-electron chi connectivity index (χ4n) is 1.92. The molecule has 0 radical (unpaired) electrons. The van der Waals surface area contributed by atoms with Crippen molar-refractivity contribution in [2.24, 2.45) is 11.1 Å². The van der Waals surface area contributed by atoms with Crippen LogP contribution in [0.15, 0.2) is 18.2 Å². The molecule has 1 aromatic rings. The first kappa shape index (κ1) is 16.1. The van der Waals surface area contributed by atoms with Crippen molar-refractivity contribution in [1.82, 2.24) is 0 Å². The molecule has 0 aliphatic rings. The average molecular weight is 277 g/mol. The highest BCUT2D eigenvalue weighted by Crippen LogP contribution is 2.26. The zero-order valence-corrected chi connectivity index (χ0v) is 11.9. The Bertz CT molecular complexity index is 520. The van der Waals surface area contributed by atoms with E-state index in [1.54, 1.807) is 6.07 Å². The van der Waals surface area contributed by atoms with Gasteiger partial charge < -0.3 is 11.1 Å². The van der Waals surface area contributed by atoms with Crippen molar-refractivity contribution in [2.75, 3.05) is 11.9 Å². The summed E-state index contributed by atoms with van der Waals surface area (Å²) in [5, 5.41) is 11.5. The molecule has 20 heavy (non-hydrogen) atoms. The Hall–Kier alpha value is -1.93. The second-order valence-electron chi connectivity index (χ2n) is 5.53. The predicted octanol–water partition coefficient (Wildman–Crippen LogP) is 2.79. The molecule has 1 amide bonds. The van der Waals surface area contributed by atoms with Gasteiger partial charge in [0.2, 0.25) is 5.91 Å². The number of nitrogens with zero attached hydrogens (tertiary/aromatic N) is 1. The van der Waals surface area contributed by atoms with Crippen LogP contribution >= 0.6 is 0 Å². The van der Waals surface area contributed by atoms with E-state index in [2.05, 4.69) is 19.2 Å². The summed E-state index contributed by atoms with van der Waals surface area (Å²) in [5.74, 6) is -0.856. The molecule has 108 valence electrons. The molecule has 0 heterocycles. The summed E-state index contributed by atoms with van der Waals surface area (Å²) in [6.45, 7) is 4.68. The number of benzene rings is 1. The number of nitrogens with one attached hydrogen (secondary N) is 1. The minimum absolute atomic E-state index is 0.00785. The van der Waals surface area contributed by atoms with Crippen LogP contribution in [-0.2, 0) is 4.79 Å². The van der Waals surface area contributed by atoms with Gasteiger partial charge in [0.25, 0.3) is 0 Å². The third kappa shape index (κ3) is 4.63. The lowest BCUT2D eigenvalue weighted by Crippen LogP contribution is -2.21. The predicted molar refractivity (Wildman–Crippen MR) is 76.4 cm³/mol. The summed E-state index contributed by atoms with van der Waals surface area (Å²) in [6, 6.07) is 5.93. The second-order valence-corrected chi connectivity index (χ2v) is 5.53. The van der Waals surface area contributed by atoms with E-state index in [1.807, 2.05) is 0 Å². The van der Waals surface area contributed by atoms with Gasteiger partial charge in [0.15, 0.2) is 0 Å². The molecular weight excluding hydrogens is 257 g/mol. The number of anilines is 1. The highest BCUT2D eigenvalue weighted by molar-refractivity contribution is 5.92. The van der Waals surface area contributed by atoms with E-state index < -0.39 is 5.82 Å². The molecule has 0 aliphatic heterocycles. The second kappa shape index (κ2) is 7.01. The summed E-state index contributed by atoms with van der Waals surface area (Å²) >= 11 is 0. The zero-order chi connectivity index (χ0) is 15.2. The number of halogens is 1. The van der Waals surface area contributed by atoms with Crippen LogP contribution in [0.5, 0.6) is 0 Å². The first-order valence-electron chi connectivity index (χ1n) is 6.58. The maximum Gasteiger partial charge on any atom is 0.224 e. The Morgan fingerprint density at radius 1 is 1.45 bits per heavy atom. The van der Waals surface area contributed by atoms with Gasteiger partial charge in [-0.1, -0.05) is 19.9 Å². The van der Waals surface area contributed by atoms with Gasteiger partial charge >= 0.3 is 0 Å². The van der Waals surface area contributed by atoms with E-state index in [4.69, 9.17) is 11.0 Å². The molecule has 0 bridgehead atoms. The van der Waals surface area contributed by atoms with Crippen molar-refractivity contribution < 1.29 is 9.18 Å². The van der Waals surface area contributed by atoms with Crippen LogP contribution in [-0.4, -0.2) is 12.5 Å². The monoisotopic (exact) mass is 277 g/mol. The Labute approximate surface area is 118 Å². The molecule has 1 aromatic carbocycles. The van der Waals surface area contributed by atoms with Crippen molar-refractivity contribution in [2.45, 2.75) is 33.1 Å². The molecule has 0 spiro atoms. The minimum Gasteiger partial charge on any atom is -0.330 e. The van der Waals surface area contributed by atoms with Gasteiger partial charge in [0.1, 0.15) is 17.4 Å². The molecule has 0 saturated carbocycles. The molecule has 0 aliphatic carbocycles. The van der Waals surface area contributed by atoms with Crippen molar-refractivity contribution in [3.05, 3.63) is 29.6 Å². The highest BCUT2D eigenvalue weighted by Gasteiger charge is 2.19. The Morgan fingerprint density at radius 3 is 2.75 bits per heavy atom. The lowest BCUT2D eigenvalue weighted by molar-refractivity contribution is -0.116. The standard InChI is InChI=1S/C15H20FN3O/c1-15(2,8-9-17)7-6-14(20)19-13-5-3-4-12(16)11(13)10-18/h3-5H,6-9,17H2,1-2H3,(H,19,20). The average Bonchev–Trinajstić information content (AvgIpc) is 2.37. The summed E-state index contributed by atoms with van der Waals surface area (Å²) in [6.07, 6.45) is 1.84. The molecule has 0 saturated heterocycles. The van der Waals surface area contributed by atoms with Crippen LogP contribution in [0.2, 0.25) is 0 Å². The first-order chi connectivity index (χ1) is 9.39. The van der Waals surface area contributed by atoms with Gasteiger partial charge in [0, 0.05) is 6.42 Å². The number of hydrogen-bond donors (Lipinski definition) is 2. The molecular formula is C15H20FN3O. The molecule has 3 N–H and O–H groups in total. The molecule has 1 rings (SSSR count). The van der Waals surface area contributed by atoms with Crippen LogP contribution in [0.3, 0.4) is 0 Å². The van der Waals surface area contributed by atoms with Crippen molar-refractivity contribution >= 4 is 11.6 Å². The van der Waals surface area contributed by atoms with Crippen molar-refractivity contribution in [3.63, 3.8) is 0 Å². The zero-order valence-electron chi connectivity index (χ0n) is 11.9. The summed E-state index contributed by atoms with van der Waals surface area (Å²) in [5.41, 5.74) is 5.59. The molecule has 0 fully saturated rings. The van der Waals surface area contributed by atoms with Crippen LogP contribution in [0.4, 0.5) is 10.1 Å². The number of nitrogens with two attached hydrogens (primary N) is 1. The summed E-state index contributed by atoms with van der Waals surface area (Å²) in [7, 11) is 0. The van der Waals surface area contributed by atoms with Gasteiger partial charge in [-0.05, 0) is 36.9 Å². The van der Waals surface area contributed by atoms with E-state index in [0.29, 0.717) is 19.4 Å². The largest absolute Gasteiger partial charge is 0.330 e. The lowest BCUT2D eigenvalue weighted by Gasteiger charge is -2.23. The fourth-order valence-corrected chi connectivity index (χ4v) is 1.92. The van der Waals surface area contributed by atoms with E-state index in [-0.39, 0.29) is 22.6 Å². The van der Waals surface area contributed by atoms with Crippen LogP contribution < -0.4 is 11.1 Å². The maximum absolute atomic E-state index is 13.4. The number of rotatable bonds is 6. The van der Waals surface area contributed by atoms with Crippen molar-refractivity contribution in [3.8, 4) is 6.07 Å². The third-order valence-electron chi connectivity index (χ3n) is 3.25. The number of carbonyl (C=O) groups excluding carboxylic acids is 1. The maximum atomic E-state index is 13.4. The summed E-state index contributed by atoms with van der Waals surface area (Å²) < 4.78 is 13.4. The number of nitriles is 1. The number of carbonyl (C=O) groups is 1. The van der Waals surface area contributed by atoms with Gasteiger partial charge in [-0.3, -0.25) is 4.79 Å². The normalized spacial score (nSPS) is 10.9. The Morgan fingerprint density at radius 2 is 2.15 bits per heavy atom. The molecule has 4 nitrogen and oxygen atoms in total. The summed E-state index contributed by atoms with van der Waals surface area (Å²) in [4.78, 5) is 11.9. The first-order valence-corrected chi connectivity index (χ1v) is 6.58. The van der Waals surface area contributed by atoms with E-state index in [9.17, 15) is 9.18 Å². The fraction of sp³-hybridized carbons (Fsp3) is 0.467. The minimum atomic E-state index is -0.631. The van der Waals surface area contributed by atoms with Gasteiger partial charge in [-0.25, -0.2) is 4.39 Å². The van der Waals surface area contributed by atoms with Gasteiger partial charge in [0.05, 0.1) is 5.69 Å². The number of hydrogen-bond acceptors (Lipinski definition) is 3. The van der Waals surface area contributed by atoms with Crippen LogP contribution in [0.1, 0.15) is 38.7 Å². The topological polar surface area (TPSA) is 78.9 Å². The highest BCUT2D eigenvalue weighted by atomic mass is 19.1. The van der Waals surface area contributed by atoms with E-state index in [0.717, 1.165) is 6.42 Å². The van der Waals surface area contributed by atoms with Crippen LogP contribution in [0, 0.1) is 22.6 Å². The SMILES string of the molecule is CC(C)(CCN)CCC(=O)Nc1cccc(F)c1C#N. The van der Waals surface area contributed by atoms with Gasteiger partial charge in [-0.2, -0.15) is 5.26 Å². The lowest BCUT2D eigenvalue weighted by atomic mass is 9.84. The van der Waals surface area contributed by atoms with E-state index >= 15 is 0 Å². The van der Waals surface area contributed by atoms with E-state index in [1.165, 1.54) is 18.2 Å².